The molecule has 1 atom stereocenters. The number of methoxy groups -OCH3 is 1. The summed E-state index contributed by atoms with van der Waals surface area (Å²) in [7, 11) is 2.73. The van der Waals surface area contributed by atoms with E-state index in [0.717, 1.165) is 55.1 Å². The standard InChI is InChI=1S/C24H21F3N4O4S/c1-31-12-18(16-10-15(24(25,26)27)6-7-19(16)34-2)17(11-21(31)32)22(33)28-23-30-29-20(36-23)8-5-14-4-3-9-35-13-14/h6-7,10-12,14H,3-4,9,13H2,1-2H3,(H,28,30,33). The third-order valence-corrected chi connectivity index (χ3v) is 6.23. The van der Waals surface area contributed by atoms with Crippen LogP contribution in [-0.2, 0) is 18.0 Å². The van der Waals surface area contributed by atoms with Crippen LogP contribution in [0.3, 0.4) is 0 Å². The van der Waals surface area contributed by atoms with E-state index in [4.69, 9.17) is 9.47 Å². The van der Waals surface area contributed by atoms with E-state index in [0.29, 0.717) is 11.6 Å². The molecule has 0 spiro atoms. The largest absolute Gasteiger partial charge is 0.496 e. The summed E-state index contributed by atoms with van der Waals surface area (Å²) in [5, 5.41) is 10.9. The second kappa shape index (κ2) is 10.5. The number of aryl methyl sites for hydroxylation is 1. The summed E-state index contributed by atoms with van der Waals surface area (Å²) in [6, 6.07) is 3.98. The summed E-state index contributed by atoms with van der Waals surface area (Å²) < 4.78 is 52.0. The molecule has 1 aromatic carbocycles. The van der Waals surface area contributed by atoms with Crippen molar-refractivity contribution in [1.82, 2.24) is 14.8 Å². The number of nitrogens with one attached hydrogen (secondary N) is 1. The van der Waals surface area contributed by atoms with Gasteiger partial charge in [-0.3, -0.25) is 14.9 Å². The van der Waals surface area contributed by atoms with Gasteiger partial charge in [-0.25, -0.2) is 0 Å². The number of anilines is 1. The van der Waals surface area contributed by atoms with Gasteiger partial charge in [-0.05, 0) is 37.0 Å². The van der Waals surface area contributed by atoms with Crippen LogP contribution in [0.1, 0.15) is 33.8 Å². The average molecular weight is 519 g/mol. The van der Waals surface area contributed by atoms with E-state index in [1.54, 1.807) is 0 Å². The number of carbonyl (C=O) groups excluding carboxylic acids is 1. The van der Waals surface area contributed by atoms with Crippen molar-refractivity contribution >= 4 is 22.4 Å². The summed E-state index contributed by atoms with van der Waals surface area (Å²) in [5.74, 6) is 5.48. The first-order chi connectivity index (χ1) is 17.2. The Bertz CT molecular complexity index is 1400. The minimum absolute atomic E-state index is 0.00611. The van der Waals surface area contributed by atoms with Gasteiger partial charge in [0.1, 0.15) is 5.75 Å². The van der Waals surface area contributed by atoms with E-state index >= 15 is 0 Å². The van der Waals surface area contributed by atoms with E-state index in [2.05, 4.69) is 27.4 Å². The molecule has 3 aromatic rings. The molecule has 12 heteroatoms. The Morgan fingerprint density at radius 2 is 2.08 bits per heavy atom. The lowest BCUT2D eigenvalue weighted by molar-refractivity contribution is -0.137. The number of ether oxygens (including phenoxy) is 2. The van der Waals surface area contributed by atoms with Gasteiger partial charge in [-0.15, -0.1) is 10.2 Å². The summed E-state index contributed by atoms with van der Waals surface area (Å²) in [5.41, 5.74) is -1.49. The Kier molecular flexibility index (Phi) is 7.42. The van der Waals surface area contributed by atoms with Crippen molar-refractivity contribution in [2.24, 2.45) is 13.0 Å². The highest BCUT2D eigenvalue weighted by Crippen LogP contribution is 2.38. The van der Waals surface area contributed by atoms with Gasteiger partial charge in [0.2, 0.25) is 5.13 Å². The molecule has 188 valence electrons. The zero-order chi connectivity index (χ0) is 25.9. The summed E-state index contributed by atoms with van der Waals surface area (Å²) in [6.07, 6.45) is -1.46. The lowest BCUT2D eigenvalue weighted by Gasteiger charge is -2.16. The fourth-order valence-corrected chi connectivity index (χ4v) is 4.23. The first-order valence-corrected chi connectivity index (χ1v) is 11.7. The van der Waals surface area contributed by atoms with Crippen LogP contribution in [0.15, 0.2) is 35.3 Å². The molecule has 1 saturated heterocycles. The van der Waals surface area contributed by atoms with E-state index in [1.165, 1.54) is 24.9 Å². The fraction of sp³-hybridized carbons (Fsp3) is 0.333. The molecule has 0 radical (unpaired) electrons. The van der Waals surface area contributed by atoms with Crippen LogP contribution in [0.4, 0.5) is 18.3 Å². The highest BCUT2D eigenvalue weighted by atomic mass is 32.1. The van der Waals surface area contributed by atoms with Gasteiger partial charge in [0, 0.05) is 43.0 Å². The number of halogens is 3. The number of nitrogens with zero attached hydrogens (tertiary/aromatic N) is 3. The first-order valence-electron chi connectivity index (χ1n) is 10.9. The number of alkyl halides is 3. The van der Waals surface area contributed by atoms with Crippen molar-refractivity contribution in [3.05, 3.63) is 57.0 Å². The molecular formula is C24H21F3N4O4S. The number of rotatable bonds is 4. The Morgan fingerprint density at radius 3 is 2.78 bits per heavy atom. The van der Waals surface area contributed by atoms with Crippen LogP contribution in [0.5, 0.6) is 5.75 Å². The molecule has 0 bridgehead atoms. The predicted octanol–water partition coefficient (Wildman–Crippen LogP) is 3.96. The molecule has 1 unspecified atom stereocenters. The Morgan fingerprint density at radius 1 is 1.28 bits per heavy atom. The number of benzene rings is 1. The highest BCUT2D eigenvalue weighted by Gasteiger charge is 2.32. The normalized spacial score (nSPS) is 15.6. The predicted molar refractivity (Wildman–Crippen MR) is 127 cm³/mol. The number of hydrogen-bond acceptors (Lipinski definition) is 7. The maximum atomic E-state index is 13.4. The number of pyridine rings is 1. The Labute approximate surface area is 208 Å². The molecule has 3 heterocycles. The minimum atomic E-state index is -4.61. The summed E-state index contributed by atoms with van der Waals surface area (Å²) in [4.78, 5) is 25.5. The van der Waals surface area contributed by atoms with Gasteiger partial charge < -0.3 is 14.0 Å². The molecule has 1 fully saturated rings. The molecule has 1 amide bonds. The number of aromatic nitrogens is 3. The topological polar surface area (TPSA) is 95.3 Å². The SMILES string of the molecule is COc1ccc(C(F)(F)F)cc1-c1cn(C)c(=O)cc1C(=O)Nc1nnc(C#CC2CCCOC2)s1. The maximum Gasteiger partial charge on any atom is 0.416 e. The van der Waals surface area contributed by atoms with Crippen molar-refractivity contribution in [3.63, 3.8) is 0 Å². The molecule has 1 aliphatic heterocycles. The molecule has 0 aliphatic carbocycles. The van der Waals surface area contributed by atoms with Gasteiger partial charge in [-0.2, -0.15) is 13.2 Å². The van der Waals surface area contributed by atoms with Crippen molar-refractivity contribution < 1.29 is 27.4 Å². The van der Waals surface area contributed by atoms with Crippen LogP contribution in [0, 0.1) is 17.8 Å². The lowest BCUT2D eigenvalue weighted by atomic mass is 9.98. The zero-order valence-corrected chi connectivity index (χ0v) is 20.1. The van der Waals surface area contributed by atoms with Crippen LogP contribution >= 0.6 is 11.3 Å². The highest BCUT2D eigenvalue weighted by molar-refractivity contribution is 7.15. The number of carbonyl (C=O) groups is 1. The third-order valence-electron chi connectivity index (χ3n) is 5.48. The van der Waals surface area contributed by atoms with Crippen LogP contribution in [0.2, 0.25) is 0 Å². The Hall–Kier alpha value is -3.69. The van der Waals surface area contributed by atoms with E-state index < -0.39 is 23.2 Å². The molecule has 36 heavy (non-hydrogen) atoms. The second-order valence-electron chi connectivity index (χ2n) is 8.01. The van der Waals surface area contributed by atoms with Crippen LogP contribution in [-0.4, -0.2) is 41.0 Å². The Balaban J connectivity index is 1.66. The van der Waals surface area contributed by atoms with Gasteiger partial charge in [0.05, 0.1) is 24.8 Å². The zero-order valence-electron chi connectivity index (χ0n) is 19.3. The maximum absolute atomic E-state index is 13.4. The number of amides is 1. The van der Waals surface area contributed by atoms with E-state index in [-0.39, 0.29) is 33.5 Å². The van der Waals surface area contributed by atoms with Gasteiger partial charge in [-0.1, -0.05) is 17.3 Å². The van der Waals surface area contributed by atoms with Gasteiger partial charge >= 0.3 is 6.18 Å². The van der Waals surface area contributed by atoms with Crippen LogP contribution in [0.25, 0.3) is 11.1 Å². The van der Waals surface area contributed by atoms with Crippen molar-refractivity contribution in [2.75, 3.05) is 25.6 Å². The molecule has 1 aliphatic rings. The average Bonchev–Trinajstić information content (AvgIpc) is 3.31. The van der Waals surface area contributed by atoms with Gasteiger partial charge in [0.25, 0.3) is 11.5 Å². The van der Waals surface area contributed by atoms with Gasteiger partial charge in [0.15, 0.2) is 5.01 Å². The van der Waals surface area contributed by atoms with E-state index in [9.17, 15) is 22.8 Å². The number of hydrogen-bond donors (Lipinski definition) is 1. The van der Waals surface area contributed by atoms with Crippen LogP contribution < -0.4 is 15.6 Å². The fourth-order valence-electron chi connectivity index (χ4n) is 3.63. The van der Waals surface area contributed by atoms with Crippen molar-refractivity contribution in [3.8, 4) is 28.7 Å². The lowest BCUT2D eigenvalue weighted by Crippen LogP contribution is -2.22. The summed E-state index contributed by atoms with van der Waals surface area (Å²) in [6.45, 7) is 1.28. The van der Waals surface area contributed by atoms with E-state index in [1.807, 2.05) is 0 Å². The molecule has 8 nitrogen and oxygen atoms in total. The minimum Gasteiger partial charge on any atom is -0.496 e. The summed E-state index contributed by atoms with van der Waals surface area (Å²) >= 11 is 1.04. The second-order valence-corrected chi connectivity index (χ2v) is 8.99. The van der Waals surface area contributed by atoms with Crippen molar-refractivity contribution in [1.29, 1.82) is 0 Å². The monoisotopic (exact) mass is 518 g/mol. The molecule has 1 N–H and O–H groups in total. The molecule has 0 saturated carbocycles. The first kappa shape index (κ1) is 25.4. The molecule has 4 rings (SSSR count). The third kappa shape index (κ3) is 5.75. The quantitative estimate of drug-likeness (QED) is 0.526. The van der Waals surface area contributed by atoms with Crippen molar-refractivity contribution in [2.45, 2.75) is 19.0 Å². The smallest absolute Gasteiger partial charge is 0.416 e. The molecule has 2 aromatic heterocycles. The molecular weight excluding hydrogens is 497 g/mol.